The Morgan fingerprint density at radius 1 is 1.30 bits per heavy atom. The van der Waals surface area contributed by atoms with Gasteiger partial charge in [0.1, 0.15) is 5.75 Å². The average Bonchev–Trinajstić information content (AvgIpc) is 2.50. The molecule has 1 N–H and O–H groups in total. The van der Waals surface area contributed by atoms with Gasteiger partial charge in [-0.3, -0.25) is 9.59 Å². The van der Waals surface area contributed by atoms with Gasteiger partial charge in [0.15, 0.2) is 17.7 Å². The molecule has 128 valence electrons. The summed E-state index contributed by atoms with van der Waals surface area (Å²) in [7, 11) is 0. The fraction of sp³-hybridized carbons (Fsp3) is 0.500. The Kier molecular flexibility index (Phi) is 7.44. The summed E-state index contributed by atoms with van der Waals surface area (Å²) in [5.74, 6) is -2.28. The zero-order valence-electron chi connectivity index (χ0n) is 13.6. The maximum atomic E-state index is 13.1. The molecule has 0 aliphatic carbocycles. The van der Waals surface area contributed by atoms with Crippen molar-refractivity contribution >= 4 is 11.8 Å². The standard InChI is InChI=1S/C16H22F2N2O3/c1-4-20(12(3)21)9-5-8-19-16(22)11(2)23-13-6-7-14(17)15(18)10-13/h6-7,10-11H,4-5,8-9H2,1-3H3,(H,19,22)/t11-/m1/s1. The first-order valence-corrected chi connectivity index (χ1v) is 7.50. The molecular weight excluding hydrogens is 306 g/mol. The van der Waals surface area contributed by atoms with Crippen LogP contribution in [0.5, 0.6) is 5.75 Å². The predicted molar refractivity (Wildman–Crippen MR) is 82.0 cm³/mol. The van der Waals surface area contributed by atoms with Gasteiger partial charge in [-0.05, 0) is 32.4 Å². The SMILES string of the molecule is CCN(CCCNC(=O)[C@@H](C)Oc1ccc(F)c(F)c1)C(C)=O. The van der Waals surface area contributed by atoms with Gasteiger partial charge in [-0.1, -0.05) is 0 Å². The van der Waals surface area contributed by atoms with Gasteiger partial charge in [0, 0.05) is 32.6 Å². The van der Waals surface area contributed by atoms with Gasteiger partial charge in [-0.15, -0.1) is 0 Å². The minimum atomic E-state index is -1.03. The van der Waals surface area contributed by atoms with Crippen molar-refractivity contribution in [1.29, 1.82) is 0 Å². The molecule has 0 heterocycles. The molecule has 0 unspecified atom stereocenters. The number of halogens is 2. The fourth-order valence-corrected chi connectivity index (χ4v) is 1.97. The van der Waals surface area contributed by atoms with Crippen molar-refractivity contribution in [3.8, 4) is 5.75 Å². The van der Waals surface area contributed by atoms with Gasteiger partial charge in [-0.25, -0.2) is 8.78 Å². The largest absolute Gasteiger partial charge is 0.481 e. The summed E-state index contributed by atoms with van der Waals surface area (Å²) >= 11 is 0. The van der Waals surface area contributed by atoms with Crippen LogP contribution in [0.4, 0.5) is 8.78 Å². The molecule has 1 aromatic carbocycles. The molecule has 1 aromatic rings. The number of hydrogen-bond donors (Lipinski definition) is 1. The number of nitrogens with zero attached hydrogens (tertiary/aromatic N) is 1. The number of hydrogen-bond acceptors (Lipinski definition) is 3. The van der Waals surface area contributed by atoms with Gasteiger partial charge < -0.3 is 15.0 Å². The Balaban J connectivity index is 2.36. The van der Waals surface area contributed by atoms with Crippen molar-refractivity contribution < 1.29 is 23.1 Å². The first kappa shape index (κ1) is 18.9. The van der Waals surface area contributed by atoms with Crippen LogP contribution in [0.3, 0.4) is 0 Å². The Morgan fingerprint density at radius 3 is 2.57 bits per heavy atom. The topological polar surface area (TPSA) is 58.6 Å². The summed E-state index contributed by atoms with van der Waals surface area (Å²) in [5, 5.41) is 2.68. The van der Waals surface area contributed by atoms with Crippen LogP contribution in [-0.2, 0) is 9.59 Å². The van der Waals surface area contributed by atoms with E-state index in [2.05, 4.69) is 5.32 Å². The quantitative estimate of drug-likeness (QED) is 0.744. The lowest BCUT2D eigenvalue weighted by atomic mass is 10.3. The van der Waals surface area contributed by atoms with E-state index in [1.54, 1.807) is 4.90 Å². The number of nitrogens with one attached hydrogen (secondary N) is 1. The minimum absolute atomic E-state index is 0.00568. The second-order valence-electron chi connectivity index (χ2n) is 5.08. The number of carbonyl (C=O) groups is 2. The summed E-state index contributed by atoms with van der Waals surface area (Å²) in [6.07, 6.45) is -0.216. The van der Waals surface area contributed by atoms with E-state index >= 15 is 0 Å². The second-order valence-corrected chi connectivity index (χ2v) is 5.08. The van der Waals surface area contributed by atoms with Crippen LogP contribution in [0.15, 0.2) is 18.2 Å². The highest BCUT2D eigenvalue weighted by atomic mass is 19.2. The lowest BCUT2D eigenvalue weighted by Gasteiger charge is -2.19. The first-order valence-electron chi connectivity index (χ1n) is 7.50. The third kappa shape index (κ3) is 6.22. The first-order chi connectivity index (χ1) is 10.8. The molecule has 0 aliphatic rings. The monoisotopic (exact) mass is 328 g/mol. The zero-order valence-corrected chi connectivity index (χ0v) is 13.6. The maximum absolute atomic E-state index is 13.1. The number of amides is 2. The number of ether oxygens (including phenoxy) is 1. The number of benzene rings is 1. The smallest absolute Gasteiger partial charge is 0.260 e. The van der Waals surface area contributed by atoms with Gasteiger partial charge in [0.2, 0.25) is 5.91 Å². The molecule has 1 rings (SSSR count). The van der Waals surface area contributed by atoms with E-state index in [0.717, 1.165) is 12.1 Å². The van der Waals surface area contributed by atoms with E-state index in [4.69, 9.17) is 4.74 Å². The Hall–Kier alpha value is -2.18. The Labute approximate surface area is 134 Å². The van der Waals surface area contributed by atoms with Crippen LogP contribution in [0.25, 0.3) is 0 Å². The normalized spacial score (nSPS) is 11.7. The lowest BCUT2D eigenvalue weighted by Crippen LogP contribution is -2.38. The molecule has 0 saturated carbocycles. The van der Waals surface area contributed by atoms with Crippen LogP contribution >= 0.6 is 0 Å². The molecular formula is C16H22F2N2O3. The molecule has 0 spiro atoms. The van der Waals surface area contributed by atoms with E-state index < -0.39 is 17.7 Å². The highest BCUT2D eigenvalue weighted by molar-refractivity contribution is 5.80. The molecule has 0 bridgehead atoms. The molecule has 0 fully saturated rings. The molecule has 0 saturated heterocycles. The Morgan fingerprint density at radius 2 is 2.00 bits per heavy atom. The fourth-order valence-electron chi connectivity index (χ4n) is 1.97. The summed E-state index contributed by atoms with van der Waals surface area (Å²) in [4.78, 5) is 24.8. The van der Waals surface area contributed by atoms with Crippen LogP contribution in [-0.4, -0.2) is 42.5 Å². The number of rotatable bonds is 8. The maximum Gasteiger partial charge on any atom is 0.260 e. The summed E-state index contributed by atoms with van der Waals surface area (Å²) in [5.41, 5.74) is 0. The van der Waals surface area contributed by atoms with Crippen LogP contribution in [0.1, 0.15) is 27.2 Å². The van der Waals surface area contributed by atoms with Crippen molar-refractivity contribution in [3.05, 3.63) is 29.8 Å². The molecule has 0 aliphatic heterocycles. The van der Waals surface area contributed by atoms with E-state index in [0.29, 0.717) is 26.1 Å². The molecule has 2 amide bonds. The molecule has 0 radical (unpaired) electrons. The van der Waals surface area contributed by atoms with Crippen molar-refractivity contribution in [2.75, 3.05) is 19.6 Å². The van der Waals surface area contributed by atoms with Gasteiger partial charge >= 0.3 is 0 Å². The van der Waals surface area contributed by atoms with Crippen molar-refractivity contribution in [2.24, 2.45) is 0 Å². The molecule has 5 nitrogen and oxygen atoms in total. The highest BCUT2D eigenvalue weighted by Crippen LogP contribution is 2.16. The van der Waals surface area contributed by atoms with E-state index in [1.807, 2.05) is 6.92 Å². The van der Waals surface area contributed by atoms with Crippen LogP contribution in [0.2, 0.25) is 0 Å². The van der Waals surface area contributed by atoms with Crippen LogP contribution in [0, 0.1) is 11.6 Å². The summed E-state index contributed by atoms with van der Waals surface area (Å²) in [6.45, 7) is 6.49. The third-order valence-electron chi connectivity index (χ3n) is 3.30. The van der Waals surface area contributed by atoms with E-state index in [1.165, 1.54) is 19.9 Å². The minimum Gasteiger partial charge on any atom is -0.481 e. The van der Waals surface area contributed by atoms with Crippen molar-refractivity contribution in [3.63, 3.8) is 0 Å². The van der Waals surface area contributed by atoms with Gasteiger partial charge in [0.05, 0.1) is 0 Å². The molecule has 23 heavy (non-hydrogen) atoms. The predicted octanol–water partition coefficient (Wildman–Crippen LogP) is 2.11. The lowest BCUT2D eigenvalue weighted by molar-refractivity contribution is -0.128. The Bertz CT molecular complexity index is 552. The molecule has 1 atom stereocenters. The highest BCUT2D eigenvalue weighted by Gasteiger charge is 2.15. The number of carbonyl (C=O) groups excluding carboxylic acids is 2. The van der Waals surface area contributed by atoms with Gasteiger partial charge in [0.25, 0.3) is 5.91 Å². The van der Waals surface area contributed by atoms with Crippen molar-refractivity contribution in [2.45, 2.75) is 33.3 Å². The summed E-state index contributed by atoms with van der Waals surface area (Å²) in [6, 6.07) is 3.09. The molecule has 7 heteroatoms. The van der Waals surface area contributed by atoms with Crippen molar-refractivity contribution in [1.82, 2.24) is 10.2 Å². The average molecular weight is 328 g/mol. The van der Waals surface area contributed by atoms with Crippen LogP contribution < -0.4 is 10.1 Å². The summed E-state index contributed by atoms with van der Waals surface area (Å²) < 4.78 is 31.1. The molecule has 0 aromatic heterocycles. The third-order valence-corrected chi connectivity index (χ3v) is 3.30. The zero-order chi connectivity index (χ0) is 17.4. The van der Waals surface area contributed by atoms with E-state index in [-0.39, 0.29) is 17.6 Å². The van der Waals surface area contributed by atoms with E-state index in [9.17, 15) is 18.4 Å². The second kappa shape index (κ2) is 9.07. The van der Waals surface area contributed by atoms with Gasteiger partial charge in [-0.2, -0.15) is 0 Å².